The summed E-state index contributed by atoms with van der Waals surface area (Å²) >= 11 is 0. The van der Waals surface area contributed by atoms with Crippen molar-refractivity contribution in [2.75, 3.05) is 0 Å². The number of aliphatic hydroxyl groups is 1. The highest BCUT2D eigenvalue weighted by molar-refractivity contribution is 5.42. The molecule has 0 saturated carbocycles. The number of halogens is 1. The van der Waals surface area contributed by atoms with Crippen LogP contribution in [0.4, 0.5) is 4.39 Å². The number of benzene rings is 2. The Bertz CT molecular complexity index is 783. The van der Waals surface area contributed by atoms with Crippen LogP contribution in [0, 0.1) is 5.82 Å². The normalized spacial score (nSPS) is 13.6. The highest BCUT2D eigenvalue weighted by Gasteiger charge is 2.37. The first-order valence-electron chi connectivity index (χ1n) is 8.21. The molecular weight excluding hydrogens is 303 g/mol. The molecular formula is C20H21FN2O. The molecule has 0 radical (unpaired) electrons. The third kappa shape index (κ3) is 2.97. The fraction of sp³-hybridized carbons (Fsp3) is 0.250. The van der Waals surface area contributed by atoms with Gasteiger partial charge in [0.2, 0.25) is 0 Å². The Kier molecular flexibility index (Phi) is 4.76. The molecule has 2 aromatic carbocycles. The van der Waals surface area contributed by atoms with Crippen LogP contribution in [-0.2, 0) is 12.1 Å². The lowest BCUT2D eigenvalue weighted by Crippen LogP contribution is -2.32. The van der Waals surface area contributed by atoms with E-state index in [1.807, 2.05) is 41.1 Å². The van der Waals surface area contributed by atoms with Crippen molar-refractivity contribution in [2.45, 2.75) is 31.9 Å². The minimum absolute atomic E-state index is 0.330. The first-order chi connectivity index (χ1) is 11.7. The summed E-state index contributed by atoms with van der Waals surface area (Å²) in [5.74, 6) is 0.220. The third-order valence-corrected chi connectivity index (χ3v) is 4.25. The van der Waals surface area contributed by atoms with Crippen LogP contribution in [0.3, 0.4) is 0 Å². The van der Waals surface area contributed by atoms with Gasteiger partial charge in [-0.25, -0.2) is 9.37 Å². The maximum atomic E-state index is 13.4. The first kappa shape index (κ1) is 16.4. The summed E-state index contributed by atoms with van der Waals surface area (Å²) in [6, 6.07) is 15.3. The second-order valence-corrected chi connectivity index (χ2v) is 5.88. The molecule has 0 aliphatic carbocycles. The Morgan fingerprint density at radius 1 is 1.04 bits per heavy atom. The number of hydrogen-bond acceptors (Lipinski definition) is 2. The lowest BCUT2D eigenvalue weighted by molar-refractivity contribution is 0.111. The number of nitrogens with zero attached hydrogens (tertiary/aromatic N) is 2. The smallest absolute Gasteiger partial charge is 0.173 e. The van der Waals surface area contributed by atoms with Crippen molar-refractivity contribution in [3.05, 3.63) is 89.8 Å². The van der Waals surface area contributed by atoms with E-state index in [-0.39, 0.29) is 5.82 Å². The van der Waals surface area contributed by atoms with Crippen LogP contribution in [0.2, 0.25) is 0 Å². The van der Waals surface area contributed by atoms with Gasteiger partial charge in [-0.05, 0) is 29.7 Å². The average Bonchev–Trinajstić information content (AvgIpc) is 3.09. The van der Waals surface area contributed by atoms with E-state index in [0.717, 1.165) is 19.4 Å². The van der Waals surface area contributed by atoms with Gasteiger partial charge in [-0.15, -0.1) is 0 Å². The molecule has 3 rings (SSSR count). The van der Waals surface area contributed by atoms with E-state index >= 15 is 0 Å². The van der Waals surface area contributed by atoms with E-state index in [1.165, 1.54) is 12.1 Å². The van der Waals surface area contributed by atoms with Crippen molar-refractivity contribution < 1.29 is 9.50 Å². The van der Waals surface area contributed by atoms with Gasteiger partial charge in [0.1, 0.15) is 11.6 Å². The molecule has 0 amide bonds. The van der Waals surface area contributed by atoms with Crippen LogP contribution in [-0.4, -0.2) is 14.7 Å². The maximum absolute atomic E-state index is 13.4. The van der Waals surface area contributed by atoms with Crippen LogP contribution in [0.15, 0.2) is 67.0 Å². The molecule has 0 aliphatic heterocycles. The first-order valence-corrected chi connectivity index (χ1v) is 8.21. The van der Waals surface area contributed by atoms with Gasteiger partial charge in [0.15, 0.2) is 5.60 Å². The van der Waals surface area contributed by atoms with Crippen molar-refractivity contribution in [2.24, 2.45) is 0 Å². The van der Waals surface area contributed by atoms with Gasteiger partial charge in [-0.3, -0.25) is 0 Å². The second-order valence-electron chi connectivity index (χ2n) is 5.88. The fourth-order valence-corrected chi connectivity index (χ4v) is 2.93. The van der Waals surface area contributed by atoms with Gasteiger partial charge in [-0.2, -0.15) is 0 Å². The molecule has 0 fully saturated rings. The molecule has 1 N–H and O–H groups in total. The maximum Gasteiger partial charge on any atom is 0.173 e. The Morgan fingerprint density at radius 3 is 2.38 bits per heavy atom. The number of hydrogen-bond donors (Lipinski definition) is 1. The summed E-state index contributed by atoms with van der Waals surface area (Å²) in [7, 11) is 0. The van der Waals surface area contributed by atoms with Crippen molar-refractivity contribution in [1.29, 1.82) is 0 Å². The van der Waals surface area contributed by atoms with E-state index in [1.54, 1.807) is 18.3 Å². The molecule has 3 aromatic rings. The summed E-state index contributed by atoms with van der Waals surface area (Å²) in [4.78, 5) is 4.44. The number of unbranched alkanes of at least 4 members (excludes halogenated alkanes) is 1. The van der Waals surface area contributed by atoms with Crippen molar-refractivity contribution in [3.8, 4) is 0 Å². The van der Waals surface area contributed by atoms with E-state index in [9.17, 15) is 9.50 Å². The van der Waals surface area contributed by atoms with E-state index in [2.05, 4.69) is 11.9 Å². The Hall–Kier alpha value is -2.46. The third-order valence-electron chi connectivity index (χ3n) is 4.25. The molecule has 1 atom stereocenters. The summed E-state index contributed by atoms with van der Waals surface area (Å²) in [5.41, 5.74) is -0.119. The molecule has 4 heteroatoms. The van der Waals surface area contributed by atoms with Gasteiger partial charge < -0.3 is 9.67 Å². The summed E-state index contributed by atoms with van der Waals surface area (Å²) in [6.45, 7) is 2.90. The van der Waals surface area contributed by atoms with Crippen LogP contribution in [0.5, 0.6) is 0 Å². The molecule has 0 bridgehead atoms. The molecule has 0 aliphatic rings. The van der Waals surface area contributed by atoms with Crippen molar-refractivity contribution >= 4 is 0 Å². The van der Waals surface area contributed by atoms with E-state index in [4.69, 9.17) is 0 Å². The van der Waals surface area contributed by atoms with Crippen LogP contribution in [0.25, 0.3) is 0 Å². The zero-order valence-corrected chi connectivity index (χ0v) is 13.7. The number of rotatable bonds is 6. The molecule has 0 spiro atoms. The summed E-state index contributed by atoms with van der Waals surface area (Å²) in [5, 5.41) is 11.7. The molecule has 1 aromatic heterocycles. The number of aryl methyl sites for hydroxylation is 1. The Labute approximate surface area is 141 Å². The standard InChI is InChI=1S/C20H21FN2O/c1-2-3-14-23-15-13-22-19(23)20(24,16-7-5-4-6-8-16)17-9-11-18(21)12-10-17/h4-13,15,24H,2-3,14H2,1H3. The number of aromatic nitrogens is 2. The average molecular weight is 324 g/mol. The Morgan fingerprint density at radius 2 is 1.71 bits per heavy atom. The topological polar surface area (TPSA) is 38.0 Å². The lowest BCUT2D eigenvalue weighted by Gasteiger charge is -2.29. The molecule has 0 saturated heterocycles. The summed E-state index contributed by atoms with van der Waals surface area (Å²) in [6.07, 6.45) is 5.63. The molecule has 3 nitrogen and oxygen atoms in total. The minimum atomic E-state index is -1.42. The molecule has 24 heavy (non-hydrogen) atoms. The fourth-order valence-electron chi connectivity index (χ4n) is 2.93. The van der Waals surface area contributed by atoms with E-state index < -0.39 is 5.60 Å². The molecule has 124 valence electrons. The van der Waals surface area contributed by atoms with Gasteiger partial charge >= 0.3 is 0 Å². The van der Waals surface area contributed by atoms with Crippen LogP contribution < -0.4 is 0 Å². The zero-order chi connectivity index (χ0) is 17.0. The highest BCUT2D eigenvalue weighted by Crippen LogP contribution is 2.35. The van der Waals surface area contributed by atoms with E-state index in [0.29, 0.717) is 17.0 Å². The molecule has 1 heterocycles. The predicted molar refractivity (Wildman–Crippen MR) is 92.1 cm³/mol. The van der Waals surface area contributed by atoms with Crippen molar-refractivity contribution in [3.63, 3.8) is 0 Å². The van der Waals surface area contributed by atoms with Gasteiger partial charge in [0, 0.05) is 18.9 Å². The monoisotopic (exact) mass is 324 g/mol. The van der Waals surface area contributed by atoms with Crippen LogP contribution >= 0.6 is 0 Å². The highest BCUT2D eigenvalue weighted by atomic mass is 19.1. The largest absolute Gasteiger partial charge is 0.373 e. The van der Waals surface area contributed by atoms with Crippen molar-refractivity contribution in [1.82, 2.24) is 9.55 Å². The van der Waals surface area contributed by atoms with Gasteiger partial charge in [0.05, 0.1) is 0 Å². The SMILES string of the molecule is CCCCn1ccnc1C(O)(c1ccccc1)c1ccc(F)cc1. The zero-order valence-electron chi connectivity index (χ0n) is 13.7. The predicted octanol–water partition coefficient (Wildman–Crippen LogP) is 4.11. The van der Waals surface area contributed by atoms with Gasteiger partial charge in [0.25, 0.3) is 0 Å². The second kappa shape index (κ2) is 6.97. The van der Waals surface area contributed by atoms with Crippen LogP contribution in [0.1, 0.15) is 36.7 Å². The minimum Gasteiger partial charge on any atom is -0.373 e. The number of imidazole rings is 1. The lowest BCUT2D eigenvalue weighted by atomic mass is 9.85. The van der Waals surface area contributed by atoms with Gasteiger partial charge in [-0.1, -0.05) is 55.8 Å². The quantitative estimate of drug-likeness (QED) is 0.741. The summed E-state index contributed by atoms with van der Waals surface area (Å²) < 4.78 is 15.3. The molecule has 1 unspecified atom stereocenters. The Balaban J connectivity index is 2.16.